The van der Waals surface area contributed by atoms with Crippen LogP contribution in [0.25, 0.3) is 0 Å². The van der Waals surface area contributed by atoms with Crippen LogP contribution in [0.5, 0.6) is 0 Å². The quantitative estimate of drug-likeness (QED) is 0.866. The number of sulfonamides is 1. The number of nitrogens with zero attached hydrogens (tertiary/aromatic N) is 1. The molecule has 1 rings (SSSR count). The monoisotopic (exact) mass is 285 g/mol. The number of para-hydroxylation sites is 1. The van der Waals surface area contributed by atoms with Gasteiger partial charge in [-0.2, -0.15) is 0 Å². The van der Waals surface area contributed by atoms with Gasteiger partial charge in [-0.15, -0.1) is 0 Å². The van der Waals surface area contributed by atoms with E-state index in [-0.39, 0.29) is 19.4 Å². The number of hydrogen-bond acceptors (Lipinski definition) is 3. The van der Waals surface area contributed by atoms with Gasteiger partial charge in [0.25, 0.3) is 0 Å². The average molecular weight is 285 g/mol. The van der Waals surface area contributed by atoms with E-state index in [2.05, 4.69) is 0 Å². The Morgan fingerprint density at radius 2 is 1.79 bits per heavy atom. The lowest BCUT2D eigenvalue weighted by molar-refractivity contribution is -0.137. The van der Waals surface area contributed by atoms with Crippen molar-refractivity contribution < 1.29 is 18.3 Å². The minimum absolute atomic E-state index is 0.0447. The van der Waals surface area contributed by atoms with Gasteiger partial charge >= 0.3 is 5.97 Å². The first-order valence-corrected chi connectivity index (χ1v) is 7.84. The predicted molar refractivity (Wildman–Crippen MR) is 75.0 cm³/mol. The third-order valence-corrected chi connectivity index (χ3v) is 4.01. The summed E-state index contributed by atoms with van der Waals surface area (Å²) in [5.41, 5.74) is 2.37. The summed E-state index contributed by atoms with van der Waals surface area (Å²) in [5, 5.41) is 8.64. The third-order valence-electron chi connectivity index (χ3n) is 2.84. The van der Waals surface area contributed by atoms with E-state index < -0.39 is 16.0 Å². The molecule has 0 aliphatic heterocycles. The van der Waals surface area contributed by atoms with Gasteiger partial charge in [0, 0.05) is 13.0 Å². The first kappa shape index (κ1) is 15.5. The molecule has 0 aliphatic rings. The summed E-state index contributed by atoms with van der Waals surface area (Å²) < 4.78 is 25.1. The summed E-state index contributed by atoms with van der Waals surface area (Å²) in [4.78, 5) is 10.5. The van der Waals surface area contributed by atoms with E-state index in [1.807, 2.05) is 32.0 Å². The van der Waals surface area contributed by atoms with E-state index >= 15 is 0 Å². The zero-order chi connectivity index (χ0) is 14.6. The SMILES string of the molecule is Cc1cccc(C)c1N(CCCC(=O)O)S(C)(=O)=O. The smallest absolute Gasteiger partial charge is 0.303 e. The molecule has 0 spiro atoms. The summed E-state index contributed by atoms with van der Waals surface area (Å²) in [7, 11) is -3.42. The molecule has 0 heterocycles. The molecule has 0 saturated carbocycles. The zero-order valence-electron chi connectivity index (χ0n) is 11.4. The fourth-order valence-electron chi connectivity index (χ4n) is 2.02. The number of anilines is 1. The van der Waals surface area contributed by atoms with Crippen LogP contribution in [0.4, 0.5) is 5.69 Å². The van der Waals surface area contributed by atoms with Crippen LogP contribution in [0.3, 0.4) is 0 Å². The Labute approximate surface area is 113 Å². The van der Waals surface area contributed by atoms with Gasteiger partial charge in [-0.05, 0) is 31.4 Å². The summed E-state index contributed by atoms with van der Waals surface area (Å²) in [5.74, 6) is -0.921. The first-order chi connectivity index (χ1) is 8.73. The van der Waals surface area contributed by atoms with Crippen molar-refractivity contribution in [3.05, 3.63) is 29.3 Å². The van der Waals surface area contributed by atoms with Crippen molar-refractivity contribution in [2.75, 3.05) is 17.1 Å². The lowest BCUT2D eigenvalue weighted by atomic mass is 10.1. The van der Waals surface area contributed by atoms with Crippen molar-refractivity contribution >= 4 is 21.7 Å². The molecule has 0 aromatic heterocycles. The predicted octanol–water partition coefficient (Wildman–Crippen LogP) is 1.93. The number of carbonyl (C=O) groups is 1. The lowest BCUT2D eigenvalue weighted by Crippen LogP contribution is -2.32. The first-order valence-electron chi connectivity index (χ1n) is 5.99. The maximum atomic E-state index is 11.9. The highest BCUT2D eigenvalue weighted by Gasteiger charge is 2.20. The van der Waals surface area contributed by atoms with Crippen LogP contribution in [0.2, 0.25) is 0 Å². The van der Waals surface area contributed by atoms with E-state index in [0.717, 1.165) is 17.4 Å². The van der Waals surface area contributed by atoms with Gasteiger partial charge < -0.3 is 5.11 Å². The number of aryl methyl sites for hydroxylation is 2. The molecule has 0 unspecified atom stereocenters. The summed E-state index contributed by atoms with van der Waals surface area (Å²) in [6.45, 7) is 3.87. The Kier molecular flexibility index (Phi) is 4.94. The van der Waals surface area contributed by atoms with Crippen molar-refractivity contribution in [3.63, 3.8) is 0 Å². The van der Waals surface area contributed by atoms with E-state index in [0.29, 0.717) is 5.69 Å². The van der Waals surface area contributed by atoms with Gasteiger partial charge in [0.1, 0.15) is 0 Å². The highest BCUT2D eigenvalue weighted by Crippen LogP contribution is 2.26. The number of carboxylic acids is 1. The molecule has 0 radical (unpaired) electrons. The standard InChI is InChI=1S/C13H19NO4S/c1-10-6-4-7-11(2)13(10)14(19(3,17)18)9-5-8-12(15)16/h4,6-7H,5,8-9H2,1-3H3,(H,15,16). The molecule has 1 aromatic rings. The molecule has 0 amide bonds. The van der Waals surface area contributed by atoms with Gasteiger partial charge in [-0.25, -0.2) is 8.42 Å². The van der Waals surface area contributed by atoms with Crippen molar-refractivity contribution in [2.24, 2.45) is 0 Å². The molecule has 19 heavy (non-hydrogen) atoms. The third kappa shape index (κ3) is 4.24. The molecule has 5 nitrogen and oxygen atoms in total. The fraction of sp³-hybridized carbons (Fsp3) is 0.462. The van der Waals surface area contributed by atoms with Crippen molar-refractivity contribution in [2.45, 2.75) is 26.7 Å². The minimum atomic E-state index is -3.42. The second-order valence-electron chi connectivity index (χ2n) is 4.57. The lowest BCUT2D eigenvalue weighted by Gasteiger charge is -2.25. The topological polar surface area (TPSA) is 74.7 Å². The van der Waals surface area contributed by atoms with E-state index in [4.69, 9.17) is 5.11 Å². The van der Waals surface area contributed by atoms with Crippen molar-refractivity contribution in [3.8, 4) is 0 Å². The Morgan fingerprint density at radius 3 is 2.21 bits per heavy atom. The summed E-state index contributed by atoms with van der Waals surface area (Å²) >= 11 is 0. The van der Waals surface area contributed by atoms with Crippen LogP contribution in [-0.4, -0.2) is 32.3 Å². The molecule has 106 valence electrons. The Bertz CT molecular complexity index is 546. The van der Waals surface area contributed by atoms with Gasteiger partial charge in [0.15, 0.2) is 0 Å². The van der Waals surface area contributed by atoms with Crippen LogP contribution < -0.4 is 4.31 Å². The van der Waals surface area contributed by atoms with Crippen LogP contribution in [-0.2, 0) is 14.8 Å². The molecule has 0 bridgehead atoms. The van der Waals surface area contributed by atoms with Crippen LogP contribution >= 0.6 is 0 Å². The van der Waals surface area contributed by atoms with Crippen LogP contribution in [0.15, 0.2) is 18.2 Å². The zero-order valence-corrected chi connectivity index (χ0v) is 12.2. The van der Waals surface area contributed by atoms with E-state index in [1.165, 1.54) is 4.31 Å². The maximum absolute atomic E-state index is 11.9. The number of rotatable bonds is 6. The second kappa shape index (κ2) is 6.06. The normalized spacial score (nSPS) is 11.3. The molecular formula is C13H19NO4S. The number of aliphatic carboxylic acids is 1. The van der Waals surface area contributed by atoms with Gasteiger partial charge in [0.05, 0.1) is 11.9 Å². The Balaban J connectivity index is 3.08. The average Bonchev–Trinajstić information content (AvgIpc) is 2.24. The van der Waals surface area contributed by atoms with E-state index in [9.17, 15) is 13.2 Å². The van der Waals surface area contributed by atoms with Crippen LogP contribution in [0.1, 0.15) is 24.0 Å². The van der Waals surface area contributed by atoms with Gasteiger partial charge in [0.2, 0.25) is 10.0 Å². The molecular weight excluding hydrogens is 266 g/mol. The number of hydrogen-bond donors (Lipinski definition) is 1. The Hall–Kier alpha value is -1.56. The molecule has 0 atom stereocenters. The molecule has 0 aliphatic carbocycles. The van der Waals surface area contributed by atoms with Crippen molar-refractivity contribution in [1.29, 1.82) is 0 Å². The number of benzene rings is 1. The molecule has 1 aromatic carbocycles. The van der Waals surface area contributed by atoms with Crippen molar-refractivity contribution in [1.82, 2.24) is 0 Å². The molecule has 6 heteroatoms. The maximum Gasteiger partial charge on any atom is 0.303 e. The second-order valence-corrected chi connectivity index (χ2v) is 6.48. The molecule has 0 fully saturated rings. The van der Waals surface area contributed by atoms with E-state index in [1.54, 1.807) is 0 Å². The highest BCUT2D eigenvalue weighted by atomic mass is 32.2. The van der Waals surface area contributed by atoms with Crippen LogP contribution in [0, 0.1) is 13.8 Å². The fourth-order valence-corrected chi connectivity index (χ4v) is 3.10. The largest absolute Gasteiger partial charge is 0.481 e. The summed E-state index contributed by atoms with van der Waals surface area (Å²) in [6.07, 6.45) is 1.38. The molecule has 1 N–H and O–H groups in total. The van der Waals surface area contributed by atoms with Gasteiger partial charge in [-0.3, -0.25) is 9.10 Å². The molecule has 0 saturated heterocycles. The highest BCUT2D eigenvalue weighted by molar-refractivity contribution is 7.92. The number of carboxylic acid groups (broad SMARTS) is 1. The Morgan fingerprint density at radius 1 is 1.26 bits per heavy atom. The summed E-state index contributed by atoms with van der Waals surface area (Å²) in [6, 6.07) is 5.56. The minimum Gasteiger partial charge on any atom is -0.481 e. The van der Waals surface area contributed by atoms with Gasteiger partial charge in [-0.1, -0.05) is 18.2 Å².